The minimum absolute atomic E-state index is 0.573. The number of rotatable bonds is 28. The summed E-state index contributed by atoms with van der Waals surface area (Å²) in [5.74, 6) is -1.38. The van der Waals surface area contributed by atoms with E-state index in [1.807, 2.05) is 0 Å². The first-order valence-corrected chi connectivity index (χ1v) is 15.5. The third-order valence-corrected chi connectivity index (χ3v) is 7.50. The molecule has 204 valence electrons. The van der Waals surface area contributed by atoms with Gasteiger partial charge in [-0.05, 0) is 12.8 Å². The highest BCUT2D eigenvalue weighted by Gasteiger charge is 2.25. The maximum Gasteiger partial charge on any atom is 0.309 e. The summed E-state index contributed by atoms with van der Waals surface area (Å²) in [6.07, 6.45) is 31.6. The third kappa shape index (κ3) is 23.2. The molecular formula is C31H62O3. The number of aliphatic hydroxyl groups is 1. The Bertz CT molecular complexity index is 409. The van der Waals surface area contributed by atoms with Gasteiger partial charge in [-0.2, -0.15) is 0 Å². The number of aliphatic hydroxyl groups excluding tert-OH is 1. The Morgan fingerprint density at radius 1 is 0.471 bits per heavy atom. The quantitative estimate of drug-likeness (QED) is 0.109. The van der Waals surface area contributed by atoms with Crippen LogP contribution in [0.5, 0.6) is 0 Å². The summed E-state index contributed by atoms with van der Waals surface area (Å²) in [4.78, 5) is 11.6. The second-order valence-electron chi connectivity index (χ2n) is 10.9. The highest BCUT2D eigenvalue weighted by molar-refractivity contribution is 5.70. The van der Waals surface area contributed by atoms with E-state index in [-0.39, 0.29) is 0 Å². The second kappa shape index (κ2) is 27.0. The van der Waals surface area contributed by atoms with Crippen molar-refractivity contribution < 1.29 is 15.0 Å². The molecule has 2 unspecified atom stereocenters. The molecule has 0 spiro atoms. The molecule has 3 nitrogen and oxygen atoms in total. The molecule has 0 bridgehead atoms. The fourth-order valence-corrected chi connectivity index (χ4v) is 5.08. The molecule has 34 heavy (non-hydrogen) atoms. The molecule has 2 N–H and O–H groups in total. The van der Waals surface area contributed by atoms with E-state index in [1.54, 1.807) is 0 Å². The fraction of sp³-hybridized carbons (Fsp3) is 0.968. The van der Waals surface area contributed by atoms with Crippen LogP contribution in [0.25, 0.3) is 0 Å². The van der Waals surface area contributed by atoms with Crippen LogP contribution in [-0.2, 0) is 4.79 Å². The number of hydrogen-bond donors (Lipinski definition) is 2. The Labute approximate surface area is 213 Å². The lowest BCUT2D eigenvalue weighted by Gasteiger charge is -2.19. The minimum atomic E-state index is -0.811. The zero-order chi connectivity index (χ0) is 25.1. The van der Waals surface area contributed by atoms with Gasteiger partial charge in [0.15, 0.2) is 0 Å². The smallest absolute Gasteiger partial charge is 0.309 e. The number of unbranched alkanes of at least 4 members (excludes halogenated alkanes) is 22. The van der Waals surface area contributed by atoms with Crippen molar-refractivity contribution in [2.75, 3.05) is 0 Å². The molecule has 0 aliphatic heterocycles. The Morgan fingerprint density at radius 3 is 1.03 bits per heavy atom. The van der Waals surface area contributed by atoms with Gasteiger partial charge >= 0.3 is 5.97 Å². The van der Waals surface area contributed by atoms with Crippen LogP contribution < -0.4 is 0 Å². The minimum Gasteiger partial charge on any atom is -0.481 e. The third-order valence-electron chi connectivity index (χ3n) is 7.50. The molecule has 0 radical (unpaired) electrons. The molecular weight excluding hydrogens is 420 g/mol. The van der Waals surface area contributed by atoms with Crippen molar-refractivity contribution in [3.63, 3.8) is 0 Å². The lowest BCUT2D eigenvalue weighted by Crippen LogP contribution is -2.28. The summed E-state index contributed by atoms with van der Waals surface area (Å²) in [7, 11) is 0. The molecule has 0 heterocycles. The normalized spacial score (nSPS) is 13.3. The van der Waals surface area contributed by atoms with Crippen LogP contribution in [0, 0.1) is 5.92 Å². The summed E-state index contributed by atoms with van der Waals surface area (Å²) in [6, 6.07) is 0. The molecule has 0 aromatic rings. The monoisotopic (exact) mass is 482 g/mol. The van der Waals surface area contributed by atoms with Crippen LogP contribution in [0.3, 0.4) is 0 Å². The molecule has 0 aromatic heterocycles. The number of carboxylic acids is 1. The molecule has 0 rings (SSSR count). The lowest BCUT2D eigenvalue weighted by atomic mass is 9.91. The first-order valence-electron chi connectivity index (χ1n) is 15.5. The molecule has 0 aliphatic rings. The van der Waals surface area contributed by atoms with Gasteiger partial charge in [-0.25, -0.2) is 0 Å². The summed E-state index contributed by atoms with van der Waals surface area (Å²) in [5, 5.41) is 20.0. The van der Waals surface area contributed by atoms with E-state index in [0.717, 1.165) is 25.7 Å². The van der Waals surface area contributed by atoms with E-state index in [4.69, 9.17) is 0 Å². The van der Waals surface area contributed by atoms with Gasteiger partial charge in [0.1, 0.15) is 0 Å². The van der Waals surface area contributed by atoms with Gasteiger partial charge in [0, 0.05) is 0 Å². The van der Waals surface area contributed by atoms with Crippen LogP contribution in [-0.4, -0.2) is 22.3 Å². The Kier molecular flexibility index (Phi) is 26.6. The highest BCUT2D eigenvalue weighted by atomic mass is 16.4. The fourth-order valence-electron chi connectivity index (χ4n) is 5.08. The van der Waals surface area contributed by atoms with Crippen LogP contribution in [0.1, 0.15) is 181 Å². The number of aliphatic carboxylic acids is 1. The zero-order valence-electron chi connectivity index (χ0n) is 23.3. The Balaban J connectivity index is 3.58. The molecule has 0 saturated heterocycles. The van der Waals surface area contributed by atoms with E-state index < -0.39 is 18.0 Å². The van der Waals surface area contributed by atoms with Gasteiger partial charge in [-0.3, -0.25) is 4.79 Å². The van der Waals surface area contributed by atoms with Crippen molar-refractivity contribution in [3.05, 3.63) is 0 Å². The Hall–Kier alpha value is -0.570. The van der Waals surface area contributed by atoms with E-state index in [1.165, 1.54) is 128 Å². The topological polar surface area (TPSA) is 57.5 Å². The molecule has 0 aliphatic carbocycles. The lowest BCUT2D eigenvalue weighted by molar-refractivity contribution is -0.146. The van der Waals surface area contributed by atoms with Crippen molar-refractivity contribution in [1.29, 1.82) is 0 Å². The summed E-state index contributed by atoms with van der Waals surface area (Å²) in [5.41, 5.74) is 0. The van der Waals surface area contributed by atoms with Gasteiger partial charge in [0.25, 0.3) is 0 Å². The van der Waals surface area contributed by atoms with Gasteiger partial charge in [0.2, 0.25) is 0 Å². The zero-order valence-corrected chi connectivity index (χ0v) is 23.3. The predicted octanol–water partition coefficient (Wildman–Crippen LogP) is 10.2. The van der Waals surface area contributed by atoms with Gasteiger partial charge in [0.05, 0.1) is 12.0 Å². The van der Waals surface area contributed by atoms with Crippen molar-refractivity contribution in [2.24, 2.45) is 5.92 Å². The SMILES string of the molecule is CCCCCCCCCCCCCCC(O)C(CCCCCCCCCCCCCC)C(=O)O. The van der Waals surface area contributed by atoms with Crippen molar-refractivity contribution in [1.82, 2.24) is 0 Å². The first kappa shape index (κ1) is 33.4. The molecule has 0 amide bonds. The van der Waals surface area contributed by atoms with Gasteiger partial charge < -0.3 is 10.2 Å². The van der Waals surface area contributed by atoms with E-state index >= 15 is 0 Å². The van der Waals surface area contributed by atoms with Gasteiger partial charge in [-0.1, -0.05) is 168 Å². The molecule has 2 atom stereocenters. The second-order valence-corrected chi connectivity index (χ2v) is 10.9. The average Bonchev–Trinajstić information content (AvgIpc) is 2.82. The number of carboxylic acid groups (broad SMARTS) is 1. The highest BCUT2D eigenvalue weighted by Crippen LogP contribution is 2.21. The van der Waals surface area contributed by atoms with Crippen LogP contribution in [0.2, 0.25) is 0 Å². The van der Waals surface area contributed by atoms with Crippen molar-refractivity contribution >= 4 is 5.97 Å². The van der Waals surface area contributed by atoms with Crippen molar-refractivity contribution in [3.8, 4) is 0 Å². The molecule has 0 aromatic carbocycles. The Morgan fingerprint density at radius 2 is 0.735 bits per heavy atom. The van der Waals surface area contributed by atoms with Crippen molar-refractivity contribution in [2.45, 2.75) is 187 Å². The first-order chi connectivity index (χ1) is 16.6. The summed E-state index contributed by atoms with van der Waals surface area (Å²) < 4.78 is 0. The predicted molar refractivity (Wildman–Crippen MR) is 149 cm³/mol. The largest absolute Gasteiger partial charge is 0.481 e. The van der Waals surface area contributed by atoms with E-state index in [2.05, 4.69) is 13.8 Å². The summed E-state index contributed by atoms with van der Waals surface area (Å²) >= 11 is 0. The maximum absolute atomic E-state index is 11.6. The van der Waals surface area contributed by atoms with Crippen LogP contribution >= 0.6 is 0 Å². The van der Waals surface area contributed by atoms with Crippen LogP contribution in [0.15, 0.2) is 0 Å². The maximum atomic E-state index is 11.6. The number of carbonyl (C=O) groups is 1. The van der Waals surface area contributed by atoms with Gasteiger partial charge in [-0.15, -0.1) is 0 Å². The standard InChI is InChI=1S/C31H62O3/c1-3-5-7-9-11-13-15-17-19-21-23-25-27-29(31(33)34)30(32)28-26-24-22-20-18-16-14-12-10-8-6-4-2/h29-30,32H,3-28H2,1-2H3,(H,33,34). The van der Waals surface area contributed by atoms with E-state index in [9.17, 15) is 15.0 Å². The molecule has 0 fully saturated rings. The number of hydrogen-bond acceptors (Lipinski definition) is 2. The average molecular weight is 483 g/mol. The van der Waals surface area contributed by atoms with E-state index in [0.29, 0.717) is 12.8 Å². The van der Waals surface area contributed by atoms with Crippen LogP contribution in [0.4, 0.5) is 0 Å². The summed E-state index contributed by atoms with van der Waals surface area (Å²) in [6.45, 7) is 4.53. The molecule has 3 heteroatoms. The molecule has 0 saturated carbocycles.